The molecular weight excluding hydrogens is 290 g/mol. The minimum absolute atomic E-state index is 0.126. The summed E-state index contributed by atoms with van der Waals surface area (Å²) in [4.78, 5) is 14.8. The molecule has 1 heterocycles. The Labute approximate surface area is 129 Å². The zero-order chi connectivity index (χ0) is 16.3. The number of likely N-dealkylation sites (tertiary alicyclic amines) is 1. The highest BCUT2D eigenvalue weighted by atomic mass is 19.1. The highest BCUT2D eigenvalue weighted by molar-refractivity contribution is 5.66. The number of carboxylic acid groups (broad SMARTS) is 1. The molecule has 1 N–H and O–H groups in total. The fraction of sp³-hybridized carbons (Fsp3) is 0.562. The number of hydrogen-bond acceptors (Lipinski definition) is 2. The Kier molecular flexibility index (Phi) is 5.34. The topological polar surface area (TPSA) is 43.8 Å². The molecule has 2 atom stereocenters. The number of benzene rings is 1. The van der Waals surface area contributed by atoms with Crippen molar-refractivity contribution in [2.24, 2.45) is 0 Å². The summed E-state index contributed by atoms with van der Waals surface area (Å²) in [5, 5.41) is 9.42. The lowest BCUT2D eigenvalue weighted by atomic mass is 9.89. The van der Waals surface area contributed by atoms with Gasteiger partial charge in [0.1, 0.15) is 12.5 Å². The van der Waals surface area contributed by atoms with E-state index in [0.29, 0.717) is 25.9 Å². The molecule has 1 aromatic rings. The van der Waals surface area contributed by atoms with Crippen molar-refractivity contribution in [2.45, 2.75) is 31.8 Å². The fourth-order valence-corrected chi connectivity index (χ4v) is 3.20. The first-order valence-electron chi connectivity index (χ1n) is 7.46. The van der Waals surface area contributed by atoms with E-state index >= 15 is 0 Å². The minimum Gasteiger partial charge on any atom is -0.465 e. The zero-order valence-electron chi connectivity index (χ0n) is 12.9. The first kappa shape index (κ1) is 16.7. The van der Waals surface area contributed by atoms with Crippen LogP contribution in [0.1, 0.15) is 30.0 Å². The lowest BCUT2D eigenvalue weighted by molar-refractivity contribution is 0.0677. The summed E-state index contributed by atoms with van der Waals surface area (Å²) in [5.41, 5.74) is 1.56. The average molecular weight is 312 g/mol. The van der Waals surface area contributed by atoms with Gasteiger partial charge in [-0.15, -0.1) is 0 Å². The van der Waals surface area contributed by atoms with Crippen molar-refractivity contribution in [1.82, 2.24) is 9.80 Å². The number of alkyl halides is 1. The molecule has 1 aliphatic rings. The number of nitrogens with zero attached hydrogens (tertiary/aromatic N) is 2. The van der Waals surface area contributed by atoms with E-state index in [2.05, 4.69) is 0 Å². The highest BCUT2D eigenvalue weighted by Crippen LogP contribution is 2.34. The first-order chi connectivity index (χ1) is 10.4. The van der Waals surface area contributed by atoms with Crippen molar-refractivity contribution in [2.75, 3.05) is 26.8 Å². The summed E-state index contributed by atoms with van der Waals surface area (Å²) in [7, 11) is 1.86. The van der Waals surface area contributed by atoms with E-state index in [-0.39, 0.29) is 17.9 Å². The smallest absolute Gasteiger partial charge is 0.407 e. The third-order valence-corrected chi connectivity index (χ3v) is 4.47. The van der Waals surface area contributed by atoms with Gasteiger partial charge in [0.25, 0.3) is 0 Å². The molecule has 6 heteroatoms. The van der Waals surface area contributed by atoms with Crippen LogP contribution in [0.3, 0.4) is 0 Å². The molecule has 0 bridgehead atoms. The zero-order valence-corrected chi connectivity index (χ0v) is 12.9. The van der Waals surface area contributed by atoms with Crippen molar-refractivity contribution < 1.29 is 18.7 Å². The van der Waals surface area contributed by atoms with Crippen LogP contribution in [0.5, 0.6) is 0 Å². The highest BCUT2D eigenvalue weighted by Gasteiger charge is 2.34. The van der Waals surface area contributed by atoms with Crippen LogP contribution < -0.4 is 0 Å². The second-order valence-corrected chi connectivity index (χ2v) is 5.84. The summed E-state index contributed by atoms with van der Waals surface area (Å²) in [5.74, 6) is -0.329. The number of piperidine rings is 1. The molecule has 0 aliphatic carbocycles. The monoisotopic (exact) mass is 312 g/mol. The van der Waals surface area contributed by atoms with Gasteiger partial charge in [0, 0.05) is 19.1 Å². The summed E-state index contributed by atoms with van der Waals surface area (Å²) >= 11 is 0. The molecule has 0 radical (unpaired) electrons. The Morgan fingerprint density at radius 1 is 1.50 bits per heavy atom. The van der Waals surface area contributed by atoms with Gasteiger partial charge in [-0.3, -0.25) is 0 Å². The largest absolute Gasteiger partial charge is 0.465 e. The minimum atomic E-state index is -0.972. The van der Waals surface area contributed by atoms with Gasteiger partial charge in [-0.1, -0.05) is 6.07 Å². The van der Waals surface area contributed by atoms with E-state index in [9.17, 15) is 18.7 Å². The van der Waals surface area contributed by atoms with Crippen molar-refractivity contribution in [3.05, 3.63) is 35.1 Å². The quantitative estimate of drug-likeness (QED) is 0.928. The summed E-state index contributed by atoms with van der Waals surface area (Å²) in [6.45, 7) is 2.11. The van der Waals surface area contributed by atoms with E-state index < -0.39 is 12.8 Å². The number of amides is 1. The van der Waals surface area contributed by atoms with Crippen LogP contribution in [0.2, 0.25) is 0 Å². The van der Waals surface area contributed by atoms with Gasteiger partial charge >= 0.3 is 6.09 Å². The molecule has 2 rings (SSSR count). The average Bonchev–Trinajstić information content (AvgIpc) is 2.46. The molecule has 4 nitrogen and oxygen atoms in total. The van der Waals surface area contributed by atoms with Crippen molar-refractivity contribution in [3.8, 4) is 0 Å². The molecule has 1 aromatic carbocycles. The van der Waals surface area contributed by atoms with Gasteiger partial charge in [-0.25, -0.2) is 13.6 Å². The molecule has 122 valence electrons. The molecule has 0 unspecified atom stereocenters. The second kappa shape index (κ2) is 7.05. The molecule has 1 saturated heterocycles. The van der Waals surface area contributed by atoms with E-state index in [4.69, 9.17) is 0 Å². The summed E-state index contributed by atoms with van der Waals surface area (Å²) in [6, 6.07) is 4.24. The molecular formula is C16H22F2N2O2. The van der Waals surface area contributed by atoms with Crippen LogP contribution in [0.15, 0.2) is 18.2 Å². The molecule has 0 aromatic heterocycles. The number of hydrogen-bond donors (Lipinski definition) is 1. The fourth-order valence-electron chi connectivity index (χ4n) is 3.20. The Balaban J connectivity index is 2.27. The van der Waals surface area contributed by atoms with Gasteiger partial charge in [0.15, 0.2) is 0 Å². The Morgan fingerprint density at radius 3 is 2.82 bits per heavy atom. The van der Waals surface area contributed by atoms with Crippen molar-refractivity contribution >= 4 is 6.09 Å². The van der Waals surface area contributed by atoms with Gasteiger partial charge in [-0.2, -0.15) is 0 Å². The number of rotatable bonds is 4. The van der Waals surface area contributed by atoms with Crippen LogP contribution in [0, 0.1) is 12.7 Å². The first-order valence-corrected chi connectivity index (χ1v) is 7.46. The molecule has 1 amide bonds. The molecule has 0 saturated carbocycles. The van der Waals surface area contributed by atoms with Crippen LogP contribution in [0.25, 0.3) is 0 Å². The maximum atomic E-state index is 13.3. The lowest BCUT2D eigenvalue weighted by Crippen LogP contribution is -2.47. The van der Waals surface area contributed by atoms with E-state index in [1.54, 1.807) is 13.0 Å². The summed E-state index contributed by atoms with van der Waals surface area (Å²) < 4.78 is 25.8. The Morgan fingerprint density at radius 2 is 2.23 bits per heavy atom. The van der Waals surface area contributed by atoms with Gasteiger partial charge in [-0.05, 0) is 50.1 Å². The maximum absolute atomic E-state index is 13.3. The normalized spacial score (nSPS) is 22.1. The third kappa shape index (κ3) is 3.55. The van der Waals surface area contributed by atoms with E-state index in [0.717, 1.165) is 11.1 Å². The van der Waals surface area contributed by atoms with Crippen LogP contribution >= 0.6 is 0 Å². The predicted octanol–water partition coefficient (Wildman–Crippen LogP) is 3.22. The van der Waals surface area contributed by atoms with Gasteiger partial charge < -0.3 is 14.9 Å². The molecule has 0 spiro atoms. The van der Waals surface area contributed by atoms with E-state index in [1.807, 2.05) is 11.9 Å². The maximum Gasteiger partial charge on any atom is 0.407 e. The Hall–Kier alpha value is -1.69. The summed E-state index contributed by atoms with van der Waals surface area (Å²) in [6.07, 6.45) is 0.301. The number of carbonyl (C=O) groups is 1. The molecule has 22 heavy (non-hydrogen) atoms. The van der Waals surface area contributed by atoms with Crippen LogP contribution in [-0.4, -0.2) is 53.9 Å². The van der Waals surface area contributed by atoms with Gasteiger partial charge in [0.05, 0.1) is 6.04 Å². The predicted molar refractivity (Wildman–Crippen MR) is 80.2 cm³/mol. The lowest BCUT2D eigenvalue weighted by Gasteiger charge is -2.41. The van der Waals surface area contributed by atoms with Crippen LogP contribution in [-0.2, 0) is 0 Å². The number of aryl methyl sites for hydroxylation is 1. The van der Waals surface area contributed by atoms with Gasteiger partial charge in [0.2, 0.25) is 0 Å². The molecule has 1 fully saturated rings. The standard InChI is InChI=1S/C16H22F2N2O2/c1-11-9-12(18)3-4-14(11)15-10-13(19(2)8-6-17)5-7-20(15)16(21)22/h3-4,9,13,15H,5-8,10H2,1-2H3,(H,21,22)/t13-,15-/m1/s1. The third-order valence-electron chi connectivity index (χ3n) is 4.47. The van der Waals surface area contributed by atoms with Crippen LogP contribution in [0.4, 0.5) is 13.6 Å². The molecule has 1 aliphatic heterocycles. The number of halogens is 2. The Bertz CT molecular complexity index is 539. The van der Waals surface area contributed by atoms with Crippen molar-refractivity contribution in [3.63, 3.8) is 0 Å². The second-order valence-electron chi connectivity index (χ2n) is 5.84. The van der Waals surface area contributed by atoms with E-state index in [1.165, 1.54) is 17.0 Å². The SMILES string of the molecule is Cc1cc(F)ccc1[C@H]1C[C@H](N(C)CCF)CCN1C(=O)O. The van der Waals surface area contributed by atoms with Crippen molar-refractivity contribution in [1.29, 1.82) is 0 Å².